The number of benzene rings is 1. The lowest BCUT2D eigenvalue weighted by Crippen LogP contribution is -2.14. The minimum absolute atomic E-state index is 0.0889. The van der Waals surface area contributed by atoms with Crippen LogP contribution < -0.4 is 0 Å². The molecule has 0 saturated heterocycles. The SMILES string of the molecule is Cc1ccc2c(C3=C(Cl)C(=O)C=C(Cl)C3=O)c(C)[nH]c2c1. The van der Waals surface area contributed by atoms with Gasteiger partial charge in [0.05, 0.1) is 15.6 Å². The normalized spacial score (nSPS) is 15.9. The van der Waals surface area contributed by atoms with E-state index in [1.807, 2.05) is 32.0 Å². The van der Waals surface area contributed by atoms with E-state index < -0.39 is 11.6 Å². The lowest BCUT2D eigenvalue weighted by Gasteiger charge is -2.13. The number of hydrogen-bond donors (Lipinski definition) is 1. The number of aryl methyl sites for hydroxylation is 2. The van der Waals surface area contributed by atoms with Gasteiger partial charge in [0.15, 0.2) is 5.78 Å². The number of halogens is 2. The van der Waals surface area contributed by atoms with E-state index in [0.717, 1.165) is 28.2 Å². The highest BCUT2D eigenvalue weighted by Crippen LogP contribution is 2.37. The zero-order chi connectivity index (χ0) is 15.3. The molecule has 0 saturated carbocycles. The smallest absolute Gasteiger partial charge is 0.206 e. The number of ketones is 2. The number of carbonyl (C=O) groups excluding carboxylic acids is 2. The fourth-order valence-electron chi connectivity index (χ4n) is 2.58. The van der Waals surface area contributed by atoms with Crippen molar-refractivity contribution in [3.05, 3.63) is 51.2 Å². The van der Waals surface area contributed by atoms with E-state index in [0.29, 0.717) is 5.56 Å². The lowest BCUT2D eigenvalue weighted by molar-refractivity contribution is -0.113. The van der Waals surface area contributed by atoms with Gasteiger partial charge in [-0.15, -0.1) is 0 Å². The number of hydrogen-bond acceptors (Lipinski definition) is 2. The Morgan fingerprint density at radius 2 is 1.81 bits per heavy atom. The third-order valence-electron chi connectivity index (χ3n) is 3.53. The Morgan fingerprint density at radius 1 is 1.10 bits per heavy atom. The van der Waals surface area contributed by atoms with Crippen LogP contribution in [0.2, 0.25) is 0 Å². The molecule has 0 unspecified atom stereocenters. The van der Waals surface area contributed by atoms with E-state index >= 15 is 0 Å². The minimum Gasteiger partial charge on any atom is -0.358 e. The first-order valence-electron chi connectivity index (χ1n) is 6.35. The second kappa shape index (κ2) is 4.86. The predicted molar refractivity (Wildman–Crippen MR) is 84.5 cm³/mol. The Bertz CT molecular complexity index is 872. The maximum Gasteiger partial charge on any atom is 0.206 e. The van der Waals surface area contributed by atoms with Crippen LogP contribution in [0.25, 0.3) is 16.5 Å². The molecule has 0 amide bonds. The van der Waals surface area contributed by atoms with Crippen molar-refractivity contribution < 1.29 is 9.59 Å². The van der Waals surface area contributed by atoms with Crippen molar-refractivity contribution in [3.63, 3.8) is 0 Å². The van der Waals surface area contributed by atoms with Gasteiger partial charge in [-0.2, -0.15) is 0 Å². The lowest BCUT2D eigenvalue weighted by atomic mass is 9.93. The molecule has 0 spiro atoms. The number of H-pyrrole nitrogens is 1. The molecule has 0 atom stereocenters. The molecule has 1 heterocycles. The van der Waals surface area contributed by atoms with Gasteiger partial charge >= 0.3 is 0 Å². The fourth-order valence-corrected chi connectivity index (χ4v) is 3.01. The Balaban J connectivity index is 2.34. The molecule has 21 heavy (non-hydrogen) atoms. The van der Waals surface area contributed by atoms with Gasteiger partial charge in [0.1, 0.15) is 0 Å². The molecule has 1 aromatic heterocycles. The van der Waals surface area contributed by atoms with Crippen LogP contribution in [-0.4, -0.2) is 16.6 Å². The number of Topliss-reactive ketones (excluding diaryl/α,β-unsaturated/α-hetero) is 1. The zero-order valence-corrected chi connectivity index (χ0v) is 12.9. The molecule has 0 bridgehead atoms. The van der Waals surface area contributed by atoms with Crippen LogP contribution in [0, 0.1) is 13.8 Å². The molecule has 1 N–H and O–H groups in total. The van der Waals surface area contributed by atoms with E-state index in [1.54, 1.807) is 0 Å². The summed E-state index contributed by atoms with van der Waals surface area (Å²) in [5, 5.41) is 0.646. The molecule has 0 fully saturated rings. The number of carbonyl (C=O) groups is 2. The van der Waals surface area contributed by atoms with Gasteiger partial charge in [-0.1, -0.05) is 35.3 Å². The highest BCUT2D eigenvalue weighted by Gasteiger charge is 2.30. The highest BCUT2D eigenvalue weighted by atomic mass is 35.5. The molecule has 5 heteroatoms. The van der Waals surface area contributed by atoms with Crippen LogP contribution >= 0.6 is 23.2 Å². The summed E-state index contributed by atoms with van der Waals surface area (Å²) < 4.78 is 0. The van der Waals surface area contributed by atoms with E-state index in [1.165, 1.54) is 0 Å². The number of allylic oxidation sites excluding steroid dienone is 4. The van der Waals surface area contributed by atoms with Gasteiger partial charge in [0, 0.05) is 28.2 Å². The van der Waals surface area contributed by atoms with Crippen molar-refractivity contribution in [3.8, 4) is 0 Å². The third-order valence-corrected chi connectivity index (χ3v) is 4.19. The Morgan fingerprint density at radius 3 is 2.52 bits per heavy atom. The van der Waals surface area contributed by atoms with Crippen molar-refractivity contribution in [1.29, 1.82) is 0 Å². The van der Waals surface area contributed by atoms with Crippen LogP contribution in [0.4, 0.5) is 0 Å². The molecular weight excluding hydrogens is 309 g/mol. The molecule has 106 valence electrons. The second-order valence-corrected chi connectivity index (χ2v) is 5.83. The van der Waals surface area contributed by atoms with Gasteiger partial charge in [-0.05, 0) is 25.5 Å². The van der Waals surface area contributed by atoms with Crippen molar-refractivity contribution in [2.24, 2.45) is 0 Å². The molecule has 1 aliphatic carbocycles. The largest absolute Gasteiger partial charge is 0.358 e. The maximum atomic E-state index is 12.3. The maximum absolute atomic E-state index is 12.3. The van der Waals surface area contributed by atoms with Crippen LogP contribution in [0.3, 0.4) is 0 Å². The van der Waals surface area contributed by atoms with Crippen molar-refractivity contribution >= 4 is 51.2 Å². The van der Waals surface area contributed by atoms with Crippen LogP contribution in [0.1, 0.15) is 16.8 Å². The first-order valence-corrected chi connectivity index (χ1v) is 7.11. The second-order valence-electron chi connectivity index (χ2n) is 5.05. The molecule has 2 aromatic rings. The van der Waals surface area contributed by atoms with Crippen molar-refractivity contribution in [1.82, 2.24) is 4.98 Å². The topological polar surface area (TPSA) is 49.9 Å². The summed E-state index contributed by atoms with van der Waals surface area (Å²) in [4.78, 5) is 27.4. The van der Waals surface area contributed by atoms with Gasteiger partial charge in [0.25, 0.3) is 0 Å². The number of rotatable bonds is 1. The van der Waals surface area contributed by atoms with E-state index in [4.69, 9.17) is 23.2 Å². The Kier molecular flexibility index (Phi) is 3.27. The molecule has 1 aliphatic rings. The number of aromatic nitrogens is 1. The number of nitrogens with one attached hydrogen (secondary N) is 1. The van der Waals surface area contributed by atoms with Crippen LogP contribution in [0.15, 0.2) is 34.3 Å². The zero-order valence-electron chi connectivity index (χ0n) is 11.4. The number of aromatic amines is 1. The summed E-state index contributed by atoms with van der Waals surface area (Å²) >= 11 is 11.9. The standard InChI is InChI=1S/C16H11Cl2NO2/c1-7-3-4-9-11(5-7)19-8(2)13(9)14-15(18)12(20)6-10(17)16(14)21/h3-6,19H,1-2H3. The van der Waals surface area contributed by atoms with Crippen LogP contribution in [-0.2, 0) is 9.59 Å². The highest BCUT2D eigenvalue weighted by molar-refractivity contribution is 6.62. The van der Waals surface area contributed by atoms with Gasteiger partial charge < -0.3 is 4.98 Å². The van der Waals surface area contributed by atoms with Crippen LogP contribution in [0.5, 0.6) is 0 Å². The summed E-state index contributed by atoms with van der Waals surface area (Å²) in [7, 11) is 0. The summed E-state index contributed by atoms with van der Waals surface area (Å²) in [5.74, 6) is -0.872. The third kappa shape index (κ3) is 2.13. The van der Waals surface area contributed by atoms with E-state index in [-0.39, 0.29) is 15.6 Å². The average molecular weight is 320 g/mol. The average Bonchev–Trinajstić information content (AvgIpc) is 2.73. The summed E-state index contributed by atoms with van der Waals surface area (Å²) in [6, 6.07) is 5.83. The molecule has 3 rings (SSSR count). The summed E-state index contributed by atoms with van der Waals surface area (Å²) in [6.45, 7) is 3.82. The Hall–Kier alpha value is -1.84. The van der Waals surface area contributed by atoms with E-state index in [2.05, 4.69) is 4.98 Å². The fraction of sp³-hybridized carbons (Fsp3) is 0.125. The molecule has 0 radical (unpaired) electrons. The van der Waals surface area contributed by atoms with Crippen molar-refractivity contribution in [2.75, 3.05) is 0 Å². The first kappa shape index (κ1) is 14.1. The number of fused-ring (bicyclic) bond motifs is 1. The quantitative estimate of drug-likeness (QED) is 0.807. The van der Waals surface area contributed by atoms with Crippen molar-refractivity contribution in [2.45, 2.75) is 13.8 Å². The summed E-state index contributed by atoms with van der Waals surface area (Å²) in [5.41, 5.74) is 3.57. The Labute approximate surface area is 131 Å². The van der Waals surface area contributed by atoms with Gasteiger partial charge in [-0.3, -0.25) is 9.59 Å². The first-order chi connectivity index (χ1) is 9.90. The predicted octanol–water partition coefficient (Wildman–Crippen LogP) is 4.01. The molecule has 1 aromatic carbocycles. The molecule has 0 aliphatic heterocycles. The minimum atomic E-state index is -0.447. The monoisotopic (exact) mass is 319 g/mol. The van der Waals surface area contributed by atoms with Gasteiger partial charge in [0.2, 0.25) is 5.78 Å². The molecule has 3 nitrogen and oxygen atoms in total. The van der Waals surface area contributed by atoms with Gasteiger partial charge in [-0.25, -0.2) is 0 Å². The summed E-state index contributed by atoms with van der Waals surface area (Å²) in [6.07, 6.45) is 1.06. The molecular formula is C16H11Cl2NO2. The van der Waals surface area contributed by atoms with E-state index in [9.17, 15) is 9.59 Å².